The summed E-state index contributed by atoms with van der Waals surface area (Å²) in [7, 11) is -3.59. The zero-order valence-corrected chi connectivity index (χ0v) is 9.77. The van der Waals surface area contributed by atoms with Gasteiger partial charge in [-0.2, -0.15) is 5.10 Å². The van der Waals surface area contributed by atoms with Gasteiger partial charge in [-0.25, -0.2) is 13.1 Å². The minimum atomic E-state index is -3.59. The molecule has 2 unspecified atom stereocenters. The number of hydrogen-bond donors (Lipinski definition) is 3. The summed E-state index contributed by atoms with van der Waals surface area (Å²) in [4.78, 5) is 10.8. The summed E-state index contributed by atoms with van der Waals surface area (Å²) >= 11 is 0. The van der Waals surface area contributed by atoms with Crippen LogP contribution in [0.2, 0.25) is 0 Å². The van der Waals surface area contributed by atoms with Crippen molar-refractivity contribution < 1.29 is 18.3 Å². The fraction of sp³-hybridized carbons (Fsp3) is 0.556. The zero-order valence-electron chi connectivity index (χ0n) is 8.96. The SMILES string of the molecule is O=C(O)C1CCC(NS(=O)(=O)c2cn[nH]c2)C1. The molecule has 7 nitrogen and oxygen atoms in total. The highest BCUT2D eigenvalue weighted by Gasteiger charge is 2.32. The molecule has 2 atom stereocenters. The van der Waals surface area contributed by atoms with E-state index in [4.69, 9.17) is 5.11 Å². The van der Waals surface area contributed by atoms with Gasteiger partial charge < -0.3 is 5.11 Å². The van der Waals surface area contributed by atoms with Crippen LogP contribution in [0.15, 0.2) is 17.3 Å². The number of aromatic amines is 1. The smallest absolute Gasteiger partial charge is 0.306 e. The van der Waals surface area contributed by atoms with Crippen LogP contribution in [0.25, 0.3) is 0 Å². The standard InChI is InChI=1S/C9H13N3O4S/c13-9(14)6-1-2-7(3-6)12-17(15,16)8-4-10-11-5-8/h4-7,12H,1-3H2,(H,10,11)(H,13,14). The van der Waals surface area contributed by atoms with E-state index in [1.807, 2.05) is 0 Å². The first kappa shape index (κ1) is 12.1. The summed E-state index contributed by atoms with van der Waals surface area (Å²) in [5.41, 5.74) is 0. The van der Waals surface area contributed by atoms with E-state index < -0.39 is 21.9 Å². The molecule has 17 heavy (non-hydrogen) atoms. The molecule has 1 aromatic heterocycles. The molecule has 1 saturated carbocycles. The number of nitrogens with one attached hydrogen (secondary N) is 2. The average Bonchev–Trinajstić information content (AvgIpc) is 2.85. The molecule has 1 heterocycles. The molecule has 1 fully saturated rings. The van der Waals surface area contributed by atoms with Gasteiger partial charge in [-0.3, -0.25) is 9.89 Å². The van der Waals surface area contributed by atoms with E-state index in [1.165, 1.54) is 12.4 Å². The van der Waals surface area contributed by atoms with Gasteiger partial charge in [0.05, 0.1) is 12.1 Å². The van der Waals surface area contributed by atoms with Crippen molar-refractivity contribution >= 4 is 16.0 Å². The van der Waals surface area contributed by atoms with Crippen LogP contribution in [0.1, 0.15) is 19.3 Å². The first-order valence-electron chi connectivity index (χ1n) is 5.23. The third-order valence-electron chi connectivity index (χ3n) is 2.89. The summed E-state index contributed by atoms with van der Waals surface area (Å²) in [6.45, 7) is 0. The number of rotatable bonds is 4. The number of aliphatic carboxylic acids is 1. The molecule has 1 aliphatic carbocycles. The van der Waals surface area contributed by atoms with E-state index in [2.05, 4.69) is 14.9 Å². The molecule has 8 heteroatoms. The summed E-state index contributed by atoms with van der Waals surface area (Å²) < 4.78 is 26.1. The molecule has 0 radical (unpaired) electrons. The second-order valence-corrected chi connectivity index (χ2v) is 5.81. The molecule has 3 N–H and O–H groups in total. The van der Waals surface area contributed by atoms with Gasteiger partial charge in [0, 0.05) is 12.2 Å². The van der Waals surface area contributed by atoms with Crippen LogP contribution in [0, 0.1) is 5.92 Å². The maximum absolute atomic E-state index is 11.8. The number of aromatic nitrogens is 2. The number of carbonyl (C=O) groups is 1. The second-order valence-electron chi connectivity index (χ2n) is 4.10. The molecule has 1 aromatic rings. The molecule has 0 bridgehead atoms. The lowest BCUT2D eigenvalue weighted by Gasteiger charge is -2.11. The van der Waals surface area contributed by atoms with Crippen LogP contribution in [-0.2, 0) is 14.8 Å². The van der Waals surface area contributed by atoms with Gasteiger partial charge in [-0.15, -0.1) is 0 Å². The van der Waals surface area contributed by atoms with Crippen molar-refractivity contribution in [1.29, 1.82) is 0 Å². The van der Waals surface area contributed by atoms with Crippen molar-refractivity contribution in [3.63, 3.8) is 0 Å². The molecular formula is C9H13N3O4S. The van der Waals surface area contributed by atoms with Crippen LogP contribution >= 0.6 is 0 Å². The van der Waals surface area contributed by atoms with Crippen LogP contribution in [-0.4, -0.2) is 35.7 Å². The highest BCUT2D eigenvalue weighted by atomic mass is 32.2. The Labute approximate surface area is 98.3 Å². The van der Waals surface area contributed by atoms with E-state index in [1.54, 1.807) is 0 Å². The molecule has 0 amide bonds. The second kappa shape index (κ2) is 4.46. The Kier molecular flexibility index (Phi) is 3.16. The summed E-state index contributed by atoms with van der Waals surface area (Å²) in [6.07, 6.45) is 3.90. The first-order chi connectivity index (χ1) is 7.99. The average molecular weight is 259 g/mol. The molecule has 0 saturated heterocycles. The topological polar surface area (TPSA) is 112 Å². The lowest BCUT2D eigenvalue weighted by Crippen LogP contribution is -2.33. The molecule has 0 spiro atoms. The van der Waals surface area contributed by atoms with Gasteiger partial charge in [-0.05, 0) is 19.3 Å². The Bertz CT molecular complexity index is 496. The van der Waals surface area contributed by atoms with E-state index in [0.717, 1.165) is 0 Å². The number of H-pyrrole nitrogens is 1. The lowest BCUT2D eigenvalue weighted by molar-refractivity contribution is -0.141. The lowest BCUT2D eigenvalue weighted by atomic mass is 10.1. The molecule has 1 aliphatic rings. The number of carboxylic acid groups (broad SMARTS) is 1. The zero-order chi connectivity index (χ0) is 12.5. The van der Waals surface area contributed by atoms with Crippen LogP contribution in [0.4, 0.5) is 0 Å². The quantitative estimate of drug-likeness (QED) is 0.701. The number of nitrogens with zero attached hydrogens (tertiary/aromatic N) is 1. The fourth-order valence-electron chi connectivity index (χ4n) is 1.99. The van der Waals surface area contributed by atoms with Crippen molar-refractivity contribution in [3.8, 4) is 0 Å². The summed E-state index contributed by atoms with van der Waals surface area (Å²) in [6, 6.07) is -0.309. The predicted molar refractivity (Wildman–Crippen MR) is 57.7 cm³/mol. The molecule has 2 rings (SSSR count). The minimum absolute atomic E-state index is 0.0660. The monoisotopic (exact) mass is 259 g/mol. The number of carboxylic acids is 1. The minimum Gasteiger partial charge on any atom is -0.481 e. The Morgan fingerprint density at radius 2 is 2.29 bits per heavy atom. The maximum Gasteiger partial charge on any atom is 0.306 e. The highest BCUT2D eigenvalue weighted by Crippen LogP contribution is 2.26. The molecular weight excluding hydrogens is 246 g/mol. The maximum atomic E-state index is 11.8. The Hall–Kier alpha value is -1.41. The number of hydrogen-bond acceptors (Lipinski definition) is 4. The van der Waals surface area contributed by atoms with Crippen molar-refractivity contribution in [2.45, 2.75) is 30.2 Å². The van der Waals surface area contributed by atoms with Crippen LogP contribution < -0.4 is 4.72 Å². The Balaban J connectivity index is 2.01. The van der Waals surface area contributed by atoms with Gasteiger partial charge in [0.1, 0.15) is 4.90 Å². The number of sulfonamides is 1. The Morgan fingerprint density at radius 1 is 1.53 bits per heavy atom. The van der Waals surface area contributed by atoms with Gasteiger partial charge >= 0.3 is 5.97 Å². The van der Waals surface area contributed by atoms with Gasteiger partial charge in [0.15, 0.2) is 0 Å². The third-order valence-corrected chi connectivity index (χ3v) is 4.37. The first-order valence-corrected chi connectivity index (χ1v) is 6.71. The van der Waals surface area contributed by atoms with Crippen LogP contribution in [0.3, 0.4) is 0 Å². The van der Waals surface area contributed by atoms with Crippen molar-refractivity contribution in [1.82, 2.24) is 14.9 Å². The van der Waals surface area contributed by atoms with Gasteiger partial charge in [0.25, 0.3) is 0 Å². The predicted octanol–water partition coefficient (Wildman–Crippen LogP) is -0.0587. The molecule has 0 aromatic carbocycles. The van der Waals surface area contributed by atoms with Crippen LogP contribution in [0.5, 0.6) is 0 Å². The van der Waals surface area contributed by atoms with E-state index in [9.17, 15) is 13.2 Å². The van der Waals surface area contributed by atoms with E-state index in [0.29, 0.717) is 19.3 Å². The van der Waals surface area contributed by atoms with Crippen molar-refractivity contribution in [3.05, 3.63) is 12.4 Å². The molecule has 94 valence electrons. The summed E-state index contributed by atoms with van der Waals surface area (Å²) in [5, 5.41) is 14.8. The largest absolute Gasteiger partial charge is 0.481 e. The van der Waals surface area contributed by atoms with E-state index >= 15 is 0 Å². The van der Waals surface area contributed by atoms with Gasteiger partial charge in [-0.1, -0.05) is 0 Å². The van der Waals surface area contributed by atoms with Crippen molar-refractivity contribution in [2.75, 3.05) is 0 Å². The third kappa shape index (κ3) is 2.64. The fourth-order valence-corrected chi connectivity index (χ4v) is 3.17. The Morgan fingerprint density at radius 3 is 2.82 bits per heavy atom. The van der Waals surface area contributed by atoms with E-state index in [-0.39, 0.29) is 10.9 Å². The van der Waals surface area contributed by atoms with Gasteiger partial charge in [0.2, 0.25) is 10.0 Å². The summed E-state index contributed by atoms with van der Waals surface area (Å²) in [5.74, 6) is -1.32. The highest BCUT2D eigenvalue weighted by molar-refractivity contribution is 7.89. The molecule has 0 aliphatic heterocycles. The van der Waals surface area contributed by atoms with Crippen molar-refractivity contribution in [2.24, 2.45) is 5.92 Å². The normalized spacial score (nSPS) is 24.9.